The van der Waals surface area contributed by atoms with Crippen LogP contribution in [0.5, 0.6) is 0 Å². The van der Waals surface area contributed by atoms with E-state index in [1.165, 1.54) is 18.6 Å². The molecule has 84 valence electrons. The number of aliphatic hydroxyl groups excluding tert-OH is 1. The maximum Gasteiger partial charge on any atom is 0.0888 e. The van der Waals surface area contributed by atoms with Gasteiger partial charge in [0, 0.05) is 11.5 Å². The van der Waals surface area contributed by atoms with Crippen LogP contribution in [0.1, 0.15) is 31.4 Å². The highest BCUT2D eigenvalue weighted by Gasteiger charge is 2.06. The van der Waals surface area contributed by atoms with Crippen molar-refractivity contribution >= 4 is 21.6 Å². The fourth-order valence-corrected chi connectivity index (χ4v) is 3.47. The molecule has 1 rings (SSSR count). The molecule has 1 aromatic rings. The van der Waals surface area contributed by atoms with E-state index in [2.05, 4.69) is 6.92 Å². The number of unbranched alkanes of at least 4 members (excludes halogenated alkanes) is 1. The molecule has 0 saturated heterocycles. The van der Waals surface area contributed by atoms with Crippen molar-refractivity contribution in [3.8, 4) is 0 Å². The van der Waals surface area contributed by atoms with Crippen molar-refractivity contribution in [2.75, 3.05) is 11.5 Å². The van der Waals surface area contributed by atoms with Crippen LogP contribution in [0.2, 0.25) is 0 Å². The Labute approximate surface area is 100 Å². The fourth-order valence-electron chi connectivity index (χ4n) is 1.15. The van der Waals surface area contributed by atoms with Gasteiger partial charge in [-0.05, 0) is 12.0 Å². The highest BCUT2D eigenvalue weighted by Crippen LogP contribution is 2.27. The minimum atomic E-state index is -0.328. The first-order chi connectivity index (χ1) is 7.34. The van der Waals surface area contributed by atoms with E-state index in [9.17, 15) is 5.11 Å². The molecule has 1 nitrogen and oxygen atoms in total. The summed E-state index contributed by atoms with van der Waals surface area (Å²) >= 11 is 0. The molecule has 0 aromatic heterocycles. The Morgan fingerprint density at radius 3 is 2.60 bits per heavy atom. The van der Waals surface area contributed by atoms with Gasteiger partial charge in [-0.25, -0.2) is 0 Å². The molecule has 0 fully saturated rings. The largest absolute Gasteiger partial charge is 0.388 e. The van der Waals surface area contributed by atoms with Gasteiger partial charge in [-0.15, -0.1) is 0 Å². The Bertz CT molecular complexity index is 251. The summed E-state index contributed by atoms with van der Waals surface area (Å²) in [6, 6.07) is 9.85. The van der Waals surface area contributed by atoms with Gasteiger partial charge >= 0.3 is 0 Å². The van der Waals surface area contributed by atoms with Crippen LogP contribution in [0.25, 0.3) is 0 Å². The third-order valence-corrected chi connectivity index (χ3v) is 4.56. The molecule has 0 aliphatic heterocycles. The van der Waals surface area contributed by atoms with Gasteiger partial charge < -0.3 is 5.11 Å². The van der Waals surface area contributed by atoms with E-state index < -0.39 is 0 Å². The summed E-state index contributed by atoms with van der Waals surface area (Å²) in [7, 11) is 3.62. The summed E-state index contributed by atoms with van der Waals surface area (Å²) < 4.78 is 0. The van der Waals surface area contributed by atoms with Crippen molar-refractivity contribution in [3.05, 3.63) is 35.9 Å². The summed E-state index contributed by atoms with van der Waals surface area (Å²) in [5.41, 5.74) is 1.01. The summed E-state index contributed by atoms with van der Waals surface area (Å²) in [6.45, 7) is 2.20. The summed E-state index contributed by atoms with van der Waals surface area (Å²) in [5, 5.41) is 9.84. The number of rotatable bonds is 7. The molecule has 1 aromatic carbocycles. The maximum absolute atomic E-state index is 9.84. The molecule has 0 amide bonds. The highest BCUT2D eigenvalue weighted by molar-refractivity contribution is 8.76. The molecule has 15 heavy (non-hydrogen) atoms. The van der Waals surface area contributed by atoms with Gasteiger partial charge in [0.1, 0.15) is 0 Å². The smallest absolute Gasteiger partial charge is 0.0888 e. The molecular formula is C12H18OS2. The third-order valence-electron chi connectivity index (χ3n) is 2.07. The van der Waals surface area contributed by atoms with E-state index in [-0.39, 0.29) is 6.10 Å². The van der Waals surface area contributed by atoms with E-state index in [0.717, 1.165) is 11.3 Å². The highest BCUT2D eigenvalue weighted by atomic mass is 33.1. The van der Waals surface area contributed by atoms with Crippen molar-refractivity contribution < 1.29 is 5.11 Å². The second kappa shape index (κ2) is 8.08. The predicted molar refractivity (Wildman–Crippen MR) is 71.2 cm³/mol. The first kappa shape index (κ1) is 12.9. The Balaban J connectivity index is 2.16. The molecule has 0 spiro atoms. The van der Waals surface area contributed by atoms with E-state index >= 15 is 0 Å². The zero-order valence-corrected chi connectivity index (χ0v) is 10.7. The monoisotopic (exact) mass is 242 g/mol. The second-order valence-electron chi connectivity index (χ2n) is 3.39. The first-order valence-electron chi connectivity index (χ1n) is 5.32. The van der Waals surface area contributed by atoms with Crippen molar-refractivity contribution in [1.29, 1.82) is 0 Å². The lowest BCUT2D eigenvalue weighted by molar-refractivity contribution is 0.204. The summed E-state index contributed by atoms with van der Waals surface area (Å²) in [6.07, 6.45) is 2.18. The second-order valence-corrected chi connectivity index (χ2v) is 6.01. The Morgan fingerprint density at radius 2 is 1.93 bits per heavy atom. The minimum Gasteiger partial charge on any atom is -0.388 e. The van der Waals surface area contributed by atoms with Crippen LogP contribution in [-0.4, -0.2) is 16.6 Å². The maximum atomic E-state index is 9.84. The lowest BCUT2D eigenvalue weighted by Gasteiger charge is -2.09. The van der Waals surface area contributed by atoms with Gasteiger partial charge in [0.25, 0.3) is 0 Å². The molecule has 0 aliphatic rings. The first-order valence-corrected chi connectivity index (χ1v) is 7.80. The topological polar surface area (TPSA) is 20.2 Å². The van der Waals surface area contributed by atoms with Crippen molar-refractivity contribution in [1.82, 2.24) is 0 Å². The van der Waals surface area contributed by atoms with E-state index in [1.807, 2.05) is 41.1 Å². The van der Waals surface area contributed by atoms with Crippen molar-refractivity contribution in [2.24, 2.45) is 0 Å². The van der Waals surface area contributed by atoms with Crippen LogP contribution in [-0.2, 0) is 0 Å². The average Bonchev–Trinajstić information content (AvgIpc) is 2.30. The predicted octanol–water partition coefficient (Wildman–Crippen LogP) is 3.90. The van der Waals surface area contributed by atoms with Gasteiger partial charge in [-0.3, -0.25) is 0 Å². The minimum absolute atomic E-state index is 0.328. The van der Waals surface area contributed by atoms with Crippen LogP contribution in [0, 0.1) is 0 Å². The van der Waals surface area contributed by atoms with Crippen molar-refractivity contribution in [2.45, 2.75) is 25.9 Å². The molecule has 0 saturated carbocycles. The number of aliphatic hydroxyl groups is 1. The number of benzene rings is 1. The lowest BCUT2D eigenvalue weighted by Crippen LogP contribution is -1.99. The molecule has 0 bridgehead atoms. The zero-order chi connectivity index (χ0) is 10.9. The lowest BCUT2D eigenvalue weighted by atomic mass is 10.1. The molecule has 0 unspecified atom stereocenters. The van der Waals surface area contributed by atoms with Crippen LogP contribution in [0.4, 0.5) is 0 Å². The van der Waals surface area contributed by atoms with Crippen LogP contribution < -0.4 is 0 Å². The summed E-state index contributed by atoms with van der Waals surface area (Å²) in [4.78, 5) is 0. The quantitative estimate of drug-likeness (QED) is 0.578. The van der Waals surface area contributed by atoms with Crippen molar-refractivity contribution in [3.63, 3.8) is 0 Å². The van der Waals surface area contributed by atoms with Crippen LogP contribution in [0.15, 0.2) is 30.3 Å². The molecule has 3 heteroatoms. The van der Waals surface area contributed by atoms with Gasteiger partial charge in [-0.1, -0.05) is 65.3 Å². The standard InChI is InChI=1S/C12H18OS2/c1-2-3-9-14-15-10-12(13)11-7-5-4-6-8-11/h4-8,12-13H,2-3,9-10H2,1H3/t12-/m0/s1. The Kier molecular flexibility index (Phi) is 6.98. The molecule has 0 heterocycles. The normalized spacial score (nSPS) is 12.7. The van der Waals surface area contributed by atoms with Gasteiger partial charge in [-0.2, -0.15) is 0 Å². The van der Waals surface area contributed by atoms with Crippen LogP contribution >= 0.6 is 21.6 Å². The average molecular weight is 242 g/mol. The molecule has 0 radical (unpaired) electrons. The number of hydrogen-bond acceptors (Lipinski definition) is 3. The molecule has 1 atom stereocenters. The van der Waals surface area contributed by atoms with E-state index in [0.29, 0.717) is 0 Å². The molecular weight excluding hydrogens is 224 g/mol. The van der Waals surface area contributed by atoms with Crippen LogP contribution in [0.3, 0.4) is 0 Å². The SMILES string of the molecule is CCCCSSC[C@H](O)c1ccccc1. The van der Waals surface area contributed by atoms with E-state index in [4.69, 9.17) is 0 Å². The zero-order valence-electron chi connectivity index (χ0n) is 9.06. The molecule has 0 aliphatic carbocycles. The Morgan fingerprint density at radius 1 is 1.20 bits per heavy atom. The Hall–Kier alpha value is -0.120. The summed E-state index contributed by atoms with van der Waals surface area (Å²) in [5.74, 6) is 1.96. The van der Waals surface area contributed by atoms with Gasteiger partial charge in [0.2, 0.25) is 0 Å². The number of hydrogen-bond donors (Lipinski definition) is 1. The fraction of sp³-hybridized carbons (Fsp3) is 0.500. The third kappa shape index (κ3) is 5.50. The van der Waals surface area contributed by atoms with Gasteiger partial charge in [0.05, 0.1) is 6.10 Å². The molecule has 1 N–H and O–H groups in total. The van der Waals surface area contributed by atoms with Gasteiger partial charge in [0.15, 0.2) is 0 Å². The van der Waals surface area contributed by atoms with E-state index in [1.54, 1.807) is 10.8 Å².